The minimum absolute atomic E-state index is 0.0465. The number of rotatable bonds is 6. The molecule has 3 saturated carbocycles. The van der Waals surface area contributed by atoms with E-state index in [1.165, 1.54) is 28.4 Å². The van der Waals surface area contributed by atoms with Gasteiger partial charge in [0.05, 0.1) is 17.0 Å². The second-order valence-electron chi connectivity index (χ2n) is 13.5. The van der Waals surface area contributed by atoms with Crippen LogP contribution >= 0.6 is 27.3 Å². The summed E-state index contributed by atoms with van der Waals surface area (Å²) in [6.07, 6.45) is 32.8. The number of hydrogen-bond donors (Lipinski definition) is 0. The Hall–Kier alpha value is -1.60. The molecule has 1 aromatic carbocycles. The molecule has 0 spiro atoms. The average Bonchev–Trinajstić information content (AvgIpc) is 3.14. The number of benzene rings is 1. The van der Waals surface area contributed by atoms with Crippen LogP contribution in [-0.2, 0) is 13.5 Å². The maximum atomic E-state index is 5.59. The van der Waals surface area contributed by atoms with Crippen LogP contribution in [0.25, 0.3) is 6.08 Å². The van der Waals surface area contributed by atoms with E-state index in [0.29, 0.717) is 0 Å². The van der Waals surface area contributed by atoms with Gasteiger partial charge in [-0.2, -0.15) is 0 Å². The average molecular weight is 800 g/mol. The molecule has 0 unspecified atom stereocenters. The molecule has 0 bridgehead atoms. The molecule has 0 amide bonds. The molecule has 2 aromatic heterocycles. The van der Waals surface area contributed by atoms with Crippen LogP contribution in [0.3, 0.4) is 0 Å². The predicted octanol–water partition coefficient (Wildman–Crippen LogP) is 11.5. The summed E-state index contributed by atoms with van der Waals surface area (Å²) in [5.41, 5.74) is 7.14. The molecule has 3 aromatic rings. The Balaban J connectivity index is 0.000000185. The monoisotopic (exact) mass is 799 g/mol. The van der Waals surface area contributed by atoms with Crippen molar-refractivity contribution >= 4 is 49.0 Å². The number of anilines is 2. The molecule has 0 atom stereocenters. The zero-order valence-electron chi connectivity index (χ0n) is 29.8. The molecule has 48 heavy (non-hydrogen) atoms. The first kappa shape index (κ1) is 40.8. The molecule has 0 N–H and O–H groups in total. The molecule has 4 nitrogen and oxygen atoms in total. The van der Waals surface area contributed by atoms with E-state index in [1.54, 1.807) is 121 Å². The topological polar surface area (TPSA) is 32.3 Å². The summed E-state index contributed by atoms with van der Waals surface area (Å²) in [4.78, 5) is 11.9. The maximum absolute atomic E-state index is 5.59. The number of halogens is 2. The van der Waals surface area contributed by atoms with E-state index in [4.69, 9.17) is 19.4 Å². The summed E-state index contributed by atoms with van der Waals surface area (Å²) in [5, 5.41) is 0. The molecule has 3 aliphatic rings. The summed E-state index contributed by atoms with van der Waals surface area (Å²) in [5.74, 6) is 0. The van der Waals surface area contributed by atoms with Crippen molar-refractivity contribution in [3.8, 4) is 0 Å². The normalized spacial score (nSPS) is 17.2. The molecule has 0 radical (unpaired) electrons. The fourth-order valence-electron chi connectivity index (χ4n) is 7.24. The van der Waals surface area contributed by atoms with Gasteiger partial charge >= 0.3 is 79.1 Å². The SMILES string of the molecule is C1CCC([PH+](C2CCCCC2)C2CCCCC2)CC1.CN(C)c1ccncc1.CN(C)c1ccncc1.[Cl][Ru]([Cl])=[C]=Cc1ccccc1. The zero-order valence-corrected chi connectivity index (χ0v) is 34.1. The summed E-state index contributed by atoms with van der Waals surface area (Å²) in [6, 6.07) is 17.8. The molecule has 0 saturated heterocycles. The Morgan fingerprint density at radius 1 is 0.583 bits per heavy atom. The van der Waals surface area contributed by atoms with Gasteiger partial charge in [-0.25, -0.2) is 0 Å². The van der Waals surface area contributed by atoms with E-state index in [2.05, 4.69) is 14.2 Å². The van der Waals surface area contributed by atoms with Crippen LogP contribution in [0.4, 0.5) is 11.4 Å². The Bertz CT molecular complexity index is 1200. The molecule has 8 heteroatoms. The van der Waals surface area contributed by atoms with Gasteiger partial charge in [-0.3, -0.25) is 9.97 Å². The van der Waals surface area contributed by atoms with E-state index in [9.17, 15) is 0 Å². The van der Waals surface area contributed by atoms with Gasteiger partial charge in [0.2, 0.25) is 0 Å². The Morgan fingerprint density at radius 3 is 1.23 bits per heavy atom. The molecule has 266 valence electrons. The van der Waals surface area contributed by atoms with Crippen molar-refractivity contribution in [1.29, 1.82) is 0 Å². The second-order valence-corrected chi connectivity index (χ2v) is 22.4. The fourth-order valence-corrected chi connectivity index (χ4v) is 13.4. The third kappa shape index (κ3) is 16.4. The van der Waals surface area contributed by atoms with E-state index in [1.807, 2.05) is 98.7 Å². The first-order valence-electron chi connectivity index (χ1n) is 18.0. The Morgan fingerprint density at radius 2 is 0.938 bits per heavy atom. The fraction of sp³-hybridized carbons (Fsp3) is 0.550. The molecule has 2 heterocycles. The molecule has 0 aliphatic heterocycles. The van der Waals surface area contributed by atoms with E-state index in [0.717, 1.165) is 5.56 Å². The third-order valence-corrected chi connectivity index (χ3v) is 15.8. The van der Waals surface area contributed by atoms with Gasteiger partial charge in [0.15, 0.2) is 0 Å². The van der Waals surface area contributed by atoms with Gasteiger partial charge in [0.1, 0.15) is 0 Å². The van der Waals surface area contributed by atoms with Gasteiger partial charge in [-0.1, -0.05) is 19.3 Å². The van der Waals surface area contributed by atoms with Crippen molar-refractivity contribution in [1.82, 2.24) is 9.97 Å². The molecular weight excluding hydrogens is 739 g/mol. The number of pyridine rings is 2. The van der Waals surface area contributed by atoms with Crippen LogP contribution in [0.15, 0.2) is 79.4 Å². The van der Waals surface area contributed by atoms with Crippen LogP contribution in [0, 0.1) is 0 Å². The Labute approximate surface area is 307 Å². The van der Waals surface area contributed by atoms with Crippen LogP contribution in [0.1, 0.15) is 102 Å². The van der Waals surface area contributed by atoms with Crippen molar-refractivity contribution in [2.24, 2.45) is 0 Å². The summed E-state index contributed by atoms with van der Waals surface area (Å²) in [7, 11) is 19.2. The first-order chi connectivity index (χ1) is 23.3. The molecule has 6 rings (SSSR count). The quantitative estimate of drug-likeness (QED) is 0.184. The standard InChI is InChI=1S/C18H33P.C8H6.2C7H10N2.2ClH.Ru/c1-4-10-16(11-5-1)19(17-12-6-2-7-13-17)18-14-8-3-9-15-18;1-2-8-6-4-3-5-7-8;2*1-9(2)7-3-5-8-6-4-7;;;/h16-18H,1-15H2;2-7H;2*3-6H,1-2H3;2*1H;/q;;;;;;+2/p-1. The van der Waals surface area contributed by atoms with Crippen molar-refractivity contribution in [3.05, 3.63) is 84.9 Å². The zero-order chi connectivity index (χ0) is 34.4. The van der Waals surface area contributed by atoms with E-state index in [-0.39, 0.29) is 7.92 Å². The van der Waals surface area contributed by atoms with Crippen molar-refractivity contribution in [2.75, 3.05) is 38.0 Å². The predicted molar refractivity (Wildman–Crippen MR) is 214 cm³/mol. The molecule has 3 aliphatic carbocycles. The van der Waals surface area contributed by atoms with Gasteiger partial charge in [0, 0.05) is 72.3 Å². The minimum atomic E-state index is -1.74. The van der Waals surface area contributed by atoms with Crippen LogP contribution in [0.2, 0.25) is 0 Å². The number of nitrogens with zero attached hydrogens (tertiary/aromatic N) is 4. The van der Waals surface area contributed by atoms with Crippen molar-refractivity contribution in [3.63, 3.8) is 0 Å². The number of hydrogen-bond acceptors (Lipinski definition) is 4. The van der Waals surface area contributed by atoms with Gasteiger partial charge in [0.25, 0.3) is 0 Å². The Kier molecular flexibility index (Phi) is 20.9. The molecule has 3 fully saturated rings. The molecular formula is C40H60Cl2N4PRu+. The van der Waals surface area contributed by atoms with Crippen molar-refractivity contribution < 1.29 is 13.5 Å². The van der Waals surface area contributed by atoms with Gasteiger partial charge in [-0.05, 0) is 101 Å². The van der Waals surface area contributed by atoms with Crippen LogP contribution < -0.4 is 9.80 Å². The summed E-state index contributed by atoms with van der Waals surface area (Å²) >= 11 is -1.74. The van der Waals surface area contributed by atoms with Crippen LogP contribution in [-0.4, -0.2) is 59.4 Å². The van der Waals surface area contributed by atoms with E-state index < -0.39 is 13.5 Å². The summed E-state index contributed by atoms with van der Waals surface area (Å²) < 4.78 is 2.91. The first-order valence-corrected chi connectivity index (χ1v) is 25.1. The van der Waals surface area contributed by atoms with Crippen molar-refractivity contribution in [2.45, 2.75) is 113 Å². The number of aromatic nitrogens is 2. The van der Waals surface area contributed by atoms with Gasteiger partial charge < -0.3 is 9.80 Å². The van der Waals surface area contributed by atoms with E-state index >= 15 is 0 Å². The van der Waals surface area contributed by atoms with Gasteiger partial charge in [-0.15, -0.1) is 0 Å². The van der Waals surface area contributed by atoms with Crippen LogP contribution in [0.5, 0.6) is 0 Å². The third-order valence-electron chi connectivity index (χ3n) is 9.68. The second kappa shape index (κ2) is 24.5. The summed E-state index contributed by atoms with van der Waals surface area (Å²) in [6.45, 7) is 0.